The molecule has 0 fully saturated rings. The zero-order chi connectivity index (χ0) is 31.4. The summed E-state index contributed by atoms with van der Waals surface area (Å²) in [7, 11) is 0. The van der Waals surface area contributed by atoms with Crippen molar-refractivity contribution in [1.82, 2.24) is 10.6 Å². The van der Waals surface area contributed by atoms with Gasteiger partial charge >= 0.3 is 18.2 Å². The number of hydrogen-bond donors (Lipinski definition) is 3. The van der Waals surface area contributed by atoms with Crippen molar-refractivity contribution < 1.29 is 43.4 Å². The van der Waals surface area contributed by atoms with Gasteiger partial charge in [-0.25, -0.2) is 14.4 Å². The number of nitrogens with zero attached hydrogens (tertiary/aromatic N) is 1. The third-order valence-corrected chi connectivity index (χ3v) is 5.96. The van der Waals surface area contributed by atoms with Gasteiger partial charge in [0.15, 0.2) is 0 Å². The normalized spacial score (nSPS) is 12.0. The molecule has 3 aromatic rings. The minimum absolute atomic E-state index is 0.00749. The van der Waals surface area contributed by atoms with Crippen molar-refractivity contribution in [2.24, 2.45) is 5.92 Å². The van der Waals surface area contributed by atoms with E-state index >= 15 is 0 Å². The minimum atomic E-state index is -1.32. The molecule has 0 saturated carbocycles. The van der Waals surface area contributed by atoms with Crippen LogP contribution in [0.3, 0.4) is 0 Å². The van der Waals surface area contributed by atoms with Crippen LogP contribution in [-0.2, 0) is 27.4 Å². The number of carboxylic acids is 1. The van der Waals surface area contributed by atoms with Gasteiger partial charge < -0.3 is 30.0 Å². The first-order valence-electron chi connectivity index (χ1n) is 13.2. The van der Waals surface area contributed by atoms with Crippen molar-refractivity contribution in [3.05, 3.63) is 100 Å². The Kier molecular flexibility index (Phi) is 11.6. The SMILES string of the molecule is CC(C)CC(NC(=O)OCc1ccccc1)C(=O)NC(Cc1ccc(OC(=O)Oc2ccc([N+](=O)[O-])cc2)cc1)C(=O)O. The minimum Gasteiger partial charge on any atom is -0.480 e. The fourth-order valence-electron chi connectivity index (χ4n) is 3.86. The summed E-state index contributed by atoms with van der Waals surface area (Å²) in [4.78, 5) is 59.6. The first-order valence-corrected chi connectivity index (χ1v) is 13.2. The lowest BCUT2D eigenvalue weighted by atomic mass is 10.0. The molecule has 13 nitrogen and oxygen atoms in total. The van der Waals surface area contributed by atoms with E-state index in [1.807, 2.05) is 19.9 Å². The summed E-state index contributed by atoms with van der Waals surface area (Å²) in [6, 6.07) is 17.4. The summed E-state index contributed by atoms with van der Waals surface area (Å²) >= 11 is 0. The fraction of sp³-hybridized carbons (Fsp3) is 0.267. The average Bonchev–Trinajstić information content (AvgIpc) is 2.96. The first-order chi connectivity index (χ1) is 20.5. The van der Waals surface area contributed by atoms with E-state index in [2.05, 4.69) is 10.6 Å². The Morgan fingerprint density at radius 3 is 1.93 bits per heavy atom. The number of ether oxygens (including phenoxy) is 3. The van der Waals surface area contributed by atoms with E-state index in [4.69, 9.17) is 14.2 Å². The summed E-state index contributed by atoms with van der Waals surface area (Å²) < 4.78 is 15.3. The molecule has 13 heteroatoms. The monoisotopic (exact) mass is 593 g/mol. The molecule has 0 bridgehead atoms. The van der Waals surface area contributed by atoms with E-state index in [-0.39, 0.29) is 42.6 Å². The molecule has 3 N–H and O–H groups in total. The largest absolute Gasteiger partial charge is 0.519 e. The van der Waals surface area contributed by atoms with Crippen molar-refractivity contribution >= 4 is 29.8 Å². The molecule has 0 aliphatic rings. The van der Waals surface area contributed by atoms with Gasteiger partial charge in [0, 0.05) is 18.6 Å². The third kappa shape index (κ3) is 10.8. The highest BCUT2D eigenvalue weighted by Gasteiger charge is 2.28. The quantitative estimate of drug-likeness (QED) is 0.109. The Bertz CT molecular complexity index is 1410. The van der Waals surface area contributed by atoms with E-state index in [1.165, 1.54) is 48.5 Å². The summed E-state index contributed by atoms with van der Waals surface area (Å²) in [5, 5.41) is 25.5. The van der Waals surface area contributed by atoms with Gasteiger partial charge in [-0.15, -0.1) is 0 Å². The van der Waals surface area contributed by atoms with Crippen molar-refractivity contribution in [1.29, 1.82) is 0 Å². The zero-order valence-corrected chi connectivity index (χ0v) is 23.4. The predicted octanol–water partition coefficient (Wildman–Crippen LogP) is 4.63. The number of carbonyl (C=O) groups excluding carboxylic acids is 3. The van der Waals surface area contributed by atoms with Gasteiger partial charge in [0.05, 0.1) is 4.92 Å². The molecular weight excluding hydrogens is 562 g/mol. The fourth-order valence-corrected chi connectivity index (χ4v) is 3.86. The van der Waals surface area contributed by atoms with Crippen LogP contribution in [0.2, 0.25) is 0 Å². The van der Waals surface area contributed by atoms with Gasteiger partial charge in [0.2, 0.25) is 5.91 Å². The van der Waals surface area contributed by atoms with E-state index in [0.29, 0.717) is 5.56 Å². The molecule has 43 heavy (non-hydrogen) atoms. The number of amides is 2. The van der Waals surface area contributed by atoms with Crippen LogP contribution in [0.25, 0.3) is 0 Å². The molecule has 0 heterocycles. The lowest BCUT2D eigenvalue weighted by Crippen LogP contribution is -2.52. The van der Waals surface area contributed by atoms with Gasteiger partial charge in [0.25, 0.3) is 5.69 Å². The van der Waals surface area contributed by atoms with E-state index in [0.717, 1.165) is 5.56 Å². The van der Waals surface area contributed by atoms with Crippen LogP contribution < -0.4 is 20.1 Å². The molecule has 0 radical (unpaired) electrons. The van der Waals surface area contributed by atoms with Crippen molar-refractivity contribution in [3.63, 3.8) is 0 Å². The molecule has 2 amide bonds. The number of benzene rings is 3. The van der Waals surface area contributed by atoms with Crippen LogP contribution in [-0.4, -0.2) is 46.2 Å². The highest BCUT2D eigenvalue weighted by Crippen LogP contribution is 2.19. The Hall–Kier alpha value is -5.46. The van der Waals surface area contributed by atoms with Crippen molar-refractivity contribution in [2.75, 3.05) is 0 Å². The lowest BCUT2D eigenvalue weighted by Gasteiger charge is -2.22. The summed E-state index contributed by atoms with van der Waals surface area (Å²) in [6.07, 6.45) is -1.73. The lowest BCUT2D eigenvalue weighted by molar-refractivity contribution is -0.384. The topological polar surface area (TPSA) is 183 Å². The molecular formula is C30H31N3O10. The van der Waals surface area contributed by atoms with Gasteiger partial charge in [-0.1, -0.05) is 56.3 Å². The Labute approximate surface area is 246 Å². The summed E-state index contributed by atoms with van der Waals surface area (Å²) in [6.45, 7) is 3.73. The number of aliphatic carboxylic acids is 1. The van der Waals surface area contributed by atoms with Crippen molar-refractivity contribution in [2.45, 2.75) is 45.4 Å². The number of hydrogen-bond acceptors (Lipinski definition) is 9. The van der Waals surface area contributed by atoms with Crippen LogP contribution in [0.4, 0.5) is 15.3 Å². The highest BCUT2D eigenvalue weighted by molar-refractivity contribution is 5.89. The molecule has 2 atom stereocenters. The van der Waals surface area contributed by atoms with Crippen LogP contribution in [0.1, 0.15) is 31.4 Å². The maximum Gasteiger partial charge on any atom is 0.519 e. The second-order valence-corrected chi connectivity index (χ2v) is 9.84. The highest BCUT2D eigenvalue weighted by atomic mass is 16.7. The van der Waals surface area contributed by atoms with Crippen LogP contribution in [0, 0.1) is 16.0 Å². The van der Waals surface area contributed by atoms with E-state index in [9.17, 15) is 34.4 Å². The van der Waals surface area contributed by atoms with Crippen molar-refractivity contribution in [3.8, 4) is 11.5 Å². The average molecular weight is 594 g/mol. The van der Waals surface area contributed by atoms with Crippen LogP contribution >= 0.6 is 0 Å². The molecule has 0 aliphatic heterocycles. The predicted molar refractivity (Wildman–Crippen MR) is 152 cm³/mol. The molecule has 0 saturated heterocycles. The standard InChI is InChI=1S/C30H31N3O10/c1-19(2)16-25(32-29(37)41-18-21-6-4-3-5-7-21)27(34)31-26(28(35)36)17-20-8-12-23(13-9-20)42-30(38)43-24-14-10-22(11-15-24)33(39)40/h3-15,19,25-26H,16-18H2,1-2H3,(H,31,34)(H,32,37)(H,35,36). The third-order valence-electron chi connectivity index (χ3n) is 5.96. The van der Waals surface area contributed by atoms with Gasteiger partial charge in [-0.3, -0.25) is 14.9 Å². The number of carboxylic acid groups (broad SMARTS) is 1. The second-order valence-electron chi connectivity index (χ2n) is 9.84. The number of nitrogens with one attached hydrogen (secondary N) is 2. The number of non-ortho nitro benzene ring substituents is 1. The van der Waals surface area contributed by atoms with Crippen LogP contribution in [0.5, 0.6) is 11.5 Å². The van der Waals surface area contributed by atoms with Gasteiger partial charge in [0.1, 0.15) is 30.2 Å². The molecule has 3 rings (SSSR count). The number of rotatable bonds is 13. The molecule has 0 aromatic heterocycles. The molecule has 226 valence electrons. The maximum absolute atomic E-state index is 13.0. The second kappa shape index (κ2) is 15.5. The van der Waals surface area contributed by atoms with Crippen LogP contribution in [0.15, 0.2) is 78.9 Å². The molecule has 0 aliphatic carbocycles. The Balaban J connectivity index is 1.55. The molecule has 2 unspecified atom stereocenters. The Morgan fingerprint density at radius 2 is 1.40 bits per heavy atom. The number of nitro groups is 1. The summed E-state index contributed by atoms with van der Waals surface area (Å²) in [5.41, 5.74) is 1.12. The smallest absolute Gasteiger partial charge is 0.480 e. The summed E-state index contributed by atoms with van der Waals surface area (Å²) in [5.74, 6) is -1.81. The first kappa shape index (κ1) is 32.1. The maximum atomic E-state index is 13.0. The van der Waals surface area contributed by atoms with Gasteiger partial charge in [-0.2, -0.15) is 0 Å². The van der Waals surface area contributed by atoms with Gasteiger partial charge in [-0.05, 0) is 47.7 Å². The Morgan fingerprint density at radius 1 is 0.814 bits per heavy atom. The molecule has 0 spiro atoms. The van der Waals surface area contributed by atoms with E-state index < -0.39 is 41.1 Å². The number of alkyl carbamates (subject to hydrolysis) is 1. The number of carbonyl (C=O) groups is 4. The van der Waals surface area contributed by atoms with E-state index in [1.54, 1.807) is 24.3 Å². The number of nitro benzene ring substituents is 1. The zero-order valence-electron chi connectivity index (χ0n) is 23.4. The molecule has 3 aromatic carbocycles.